The summed E-state index contributed by atoms with van der Waals surface area (Å²) in [6, 6.07) is 3.81. The van der Waals surface area contributed by atoms with Crippen LogP contribution in [0, 0.1) is 11.7 Å². The zero-order chi connectivity index (χ0) is 14.7. The van der Waals surface area contributed by atoms with Gasteiger partial charge >= 0.3 is 0 Å². The second kappa shape index (κ2) is 5.96. The van der Waals surface area contributed by atoms with E-state index in [0.29, 0.717) is 23.4 Å². The van der Waals surface area contributed by atoms with Crippen molar-refractivity contribution in [3.8, 4) is 0 Å². The number of nitrogens with two attached hydrogens (primary N) is 1. The molecule has 0 bridgehead atoms. The van der Waals surface area contributed by atoms with E-state index in [2.05, 4.69) is 10.3 Å². The zero-order valence-electron chi connectivity index (χ0n) is 11.6. The number of nitrogens with zero attached hydrogens (tertiary/aromatic N) is 1. The molecule has 0 spiro atoms. The van der Waals surface area contributed by atoms with Crippen LogP contribution in [-0.4, -0.2) is 16.9 Å². The Hall–Kier alpha value is -2.01. The number of hydrogen-bond acceptors (Lipinski definition) is 3. The molecule has 0 aliphatic carbocycles. The smallest absolute Gasteiger partial charge is 0.241 e. The highest BCUT2D eigenvalue weighted by molar-refractivity contribution is 6.03. The fourth-order valence-electron chi connectivity index (χ4n) is 2.12. The first-order chi connectivity index (χ1) is 9.47. The largest absolute Gasteiger partial charge is 0.324 e. The van der Waals surface area contributed by atoms with E-state index in [4.69, 9.17) is 5.73 Å². The third kappa shape index (κ3) is 3.30. The molecule has 1 amide bonds. The molecule has 0 saturated heterocycles. The molecule has 3 N–H and O–H groups in total. The Morgan fingerprint density at radius 2 is 2.20 bits per heavy atom. The van der Waals surface area contributed by atoms with Crippen LogP contribution in [-0.2, 0) is 4.79 Å². The fourth-order valence-corrected chi connectivity index (χ4v) is 2.12. The van der Waals surface area contributed by atoms with Gasteiger partial charge in [-0.05, 0) is 30.5 Å². The maximum atomic E-state index is 13.5. The Morgan fingerprint density at radius 3 is 2.90 bits per heavy atom. The van der Waals surface area contributed by atoms with Crippen molar-refractivity contribution in [1.29, 1.82) is 0 Å². The van der Waals surface area contributed by atoms with Crippen LogP contribution in [0.15, 0.2) is 30.6 Å². The topological polar surface area (TPSA) is 68.0 Å². The van der Waals surface area contributed by atoms with Gasteiger partial charge in [0.1, 0.15) is 5.82 Å². The number of carbonyl (C=O) groups is 1. The molecule has 2 aromatic rings. The molecule has 4 nitrogen and oxygen atoms in total. The maximum absolute atomic E-state index is 13.5. The molecule has 0 aliphatic heterocycles. The molecule has 0 aliphatic rings. The van der Waals surface area contributed by atoms with Gasteiger partial charge in [-0.15, -0.1) is 0 Å². The van der Waals surface area contributed by atoms with Gasteiger partial charge in [-0.25, -0.2) is 4.39 Å². The molecule has 1 heterocycles. The highest BCUT2D eigenvalue weighted by Gasteiger charge is 2.16. The number of amides is 1. The van der Waals surface area contributed by atoms with E-state index in [9.17, 15) is 9.18 Å². The van der Waals surface area contributed by atoms with Gasteiger partial charge in [-0.1, -0.05) is 13.8 Å². The van der Waals surface area contributed by atoms with E-state index in [1.165, 1.54) is 12.1 Å². The van der Waals surface area contributed by atoms with Crippen molar-refractivity contribution in [2.24, 2.45) is 11.7 Å². The SMILES string of the molecule is CC(C)C[C@H](N)C(=O)Nc1cc(F)cc2cnccc12. The van der Waals surface area contributed by atoms with Gasteiger partial charge in [-0.3, -0.25) is 9.78 Å². The summed E-state index contributed by atoms with van der Waals surface area (Å²) < 4.78 is 13.5. The van der Waals surface area contributed by atoms with Crippen molar-refractivity contribution in [3.05, 3.63) is 36.4 Å². The normalized spacial score (nSPS) is 12.7. The quantitative estimate of drug-likeness (QED) is 0.901. The number of halogens is 1. The van der Waals surface area contributed by atoms with Crippen LogP contribution in [0.1, 0.15) is 20.3 Å². The number of carbonyl (C=O) groups excluding carboxylic acids is 1. The molecule has 106 valence electrons. The van der Waals surface area contributed by atoms with Gasteiger partial charge in [0.2, 0.25) is 5.91 Å². The van der Waals surface area contributed by atoms with Crippen LogP contribution in [0.4, 0.5) is 10.1 Å². The van der Waals surface area contributed by atoms with E-state index in [1.54, 1.807) is 18.5 Å². The average molecular weight is 275 g/mol. The van der Waals surface area contributed by atoms with Crippen molar-refractivity contribution in [2.75, 3.05) is 5.32 Å². The fraction of sp³-hybridized carbons (Fsp3) is 0.333. The van der Waals surface area contributed by atoms with Gasteiger partial charge in [0.25, 0.3) is 0 Å². The molecule has 1 aromatic heterocycles. The molecule has 20 heavy (non-hydrogen) atoms. The Labute approximate surface area is 117 Å². The van der Waals surface area contributed by atoms with Crippen molar-refractivity contribution < 1.29 is 9.18 Å². The lowest BCUT2D eigenvalue weighted by atomic mass is 10.0. The molecule has 1 aromatic carbocycles. The highest BCUT2D eigenvalue weighted by atomic mass is 19.1. The number of fused-ring (bicyclic) bond motifs is 1. The van der Waals surface area contributed by atoms with E-state index in [1.807, 2.05) is 13.8 Å². The van der Waals surface area contributed by atoms with Crippen LogP contribution in [0.5, 0.6) is 0 Å². The summed E-state index contributed by atoms with van der Waals surface area (Å²) in [5, 5.41) is 4.08. The van der Waals surface area contributed by atoms with E-state index in [0.717, 1.165) is 5.39 Å². The zero-order valence-corrected chi connectivity index (χ0v) is 11.6. The predicted molar refractivity (Wildman–Crippen MR) is 77.8 cm³/mol. The summed E-state index contributed by atoms with van der Waals surface area (Å²) in [4.78, 5) is 16.0. The van der Waals surface area contributed by atoms with Crippen molar-refractivity contribution >= 4 is 22.4 Å². The lowest BCUT2D eigenvalue weighted by Gasteiger charge is -2.15. The summed E-state index contributed by atoms with van der Waals surface area (Å²) in [6.45, 7) is 3.99. The standard InChI is InChI=1S/C15H18FN3O/c1-9(2)5-13(17)15(20)19-14-7-11(16)6-10-8-18-4-3-12(10)14/h3-4,6-9,13H,5,17H2,1-2H3,(H,19,20)/t13-/m0/s1. The summed E-state index contributed by atoms with van der Waals surface area (Å²) in [6.07, 6.45) is 3.74. The first kappa shape index (κ1) is 14.4. The number of aromatic nitrogens is 1. The number of nitrogens with one attached hydrogen (secondary N) is 1. The third-order valence-electron chi connectivity index (χ3n) is 3.04. The molecular formula is C15H18FN3O. The van der Waals surface area contributed by atoms with Crippen LogP contribution in [0.3, 0.4) is 0 Å². The van der Waals surface area contributed by atoms with Gasteiger partial charge < -0.3 is 11.1 Å². The van der Waals surface area contributed by atoms with Gasteiger partial charge in [0.05, 0.1) is 11.7 Å². The van der Waals surface area contributed by atoms with E-state index in [-0.39, 0.29) is 5.91 Å². The molecule has 2 rings (SSSR count). The minimum Gasteiger partial charge on any atom is -0.324 e. The molecule has 0 fully saturated rings. The number of hydrogen-bond donors (Lipinski definition) is 2. The minimum absolute atomic E-state index is 0.303. The number of anilines is 1. The van der Waals surface area contributed by atoms with Crippen molar-refractivity contribution in [1.82, 2.24) is 4.98 Å². The molecule has 5 heteroatoms. The summed E-state index contributed by atoms with van der Waals surface area (Å²) in [5.41, 5.74) is 6.25. The van der Waals surface area contributed by atoms with Crippen LogP contribution < -0.4 is 11.1 Å². The Kier molecular flexibility index (Phi) is 4.29. The Balaban J connectivity index is 2.27. The summed E-state index contributed by atoms with van der Waals surface area (Å²) in [5.74, 6) is -0.398. The van der Waals surface area contributed by atoms with Crippen molar-refractivity contribution in [3.63, 3.8) is 0 Å². The van der Waals surface area contributed by atoms with Gasteiger partial charge in [-0.2, -0.15) is 0 Å². The first-order valence-electron chi connectivity index (χ1n) is 6.57. The third-order valence-corrected chi connectivity index (χ3v) is 3.04. The lowest BCUT2D eigenvalue weighted by molar-refractivity contribution is -0.117. The average Bonchev–Trinajstić information content (AvgIpc) is 2.37. The minimum atomic E-state index is -0.602. The van der Waals surface area contributed by atoms with E-state index >= 15 is 0 Å². The van der Waals surface area contributed by atoms with Crippen LogP contribution in [0.25, 0.3) is 10.8 Å². The maximum Gasteiger partial charge on any atom is 0.241 e. The summed E-state index contributed by atoms with van der Waals surface area (Å²) in [7, 11) is 0. The molecule has 0 saturated carbocycles. The summed E-state index contributed by atoms with van der Waals surface area (Å²) >= 11 is 0. The van der Waals surface area contributed by atoms with E-state index < -0.39 is 11.9 Å². The number of pyridine rings is 1. The second-order valence-electron chi connectivity index (χ2n) is 5.28. The second-order valence-corrected chi connectivity index (χ2v) is 5.28. The first-order valence-corrected chi connectivity index (χ1v) is 6.57. The van der Waals surface area contributed by atoms with Gasteiger partial charge in [0, 0.05) is 23.2 Å². The molecular weight excluding hydrogens is 257 g/mol. The van der Waals surface area contributed by atoms with Crippen LogP contribution in [0.2, 0.25) is 0 Å². The monoisotopic (exact) mass is 275 g/mol. The molecule has 1 atom stereocenters. The highest BCUT2D eigenvalue weighted by Crippen LogP contribution is 2.24. The molecule has 0 unspecified atom stereocenters. The lowest BCUT2D eigenvalue weighted by Crippen LogP contribution is -2.36. The van der Waals surface area contributed by atoms with Crippen LogP contribution >= 0.6 is 0 Å². The number of rotatable bonds is 4. The Morgan fingerprint density at radius 1 is 1.45 bits per heavy atom. The van der Waals surface area contributed by atoms with Crippen molar-refractivity contribution in [2.45, 2.75) is 26.3 Å². The molecule has 0 radical (unpaired) electrons. The Bertz CT molecular complexity index is 628. The van der Waals surface area contributed by atoms with Gasteiger partial charge in [0.15, 0.2) is 0 Å². The predicted octanol–water partition coefficient (Wildman–Crippen LogP) is 2.69. The number of benzene rings is 1.